The first-order valence-electron chi connectivity index (χ1n) is 6.60. The fraction of sp³-hybridized carbons (Fsp3) is 0.429. The number of carbonyl (C=O) groups is 1. The standard InChI is InChI=1S/C14H22N4O2/c1-10(16-8-4-7-14(15)18-20)12-5-3-6-13(9-12)17-11(2)19/h3,5-6,9-10,16,20H,4,7-8H2,1-2H3,(H2,15,18)(H,17,19). The molecule has 0 heterocycles. The molecule has 1 atom stereocenters. The van der Waals surface area contributed by atoms with Crippen LogP contribution in [0, 0.1) is 0 Å². The smallest absolute Gasteiger partial charge is 0.221 e. The number of amides is 1. The zero-order chi connectivity index (χ0) is 15.0. The van der Waals surface area contributed by atoms with E-state index in [0.29, 0.717) is 6.42 Å². The molecule has 1 aromatic carbocycles. The van der Waals surface area contributed by atoms with E-state index in [1.165, 1.54) is 6.92 Å². The Morgan fingerprint density at radius 3 is 2.90 bits per heavy atom. The van der Waals surface area contributed by atoms with Crippen LogP contribution in [0.5, 0.6) is 0 Å². The molecular formula is C14H22N4O2. The van der Waals surface area contributed by atoms with Gasteiger partial charge in [-0.05, 0) is 37.6 Å². The van der Waals surface area contributed by atoms with Crippen LogP contribution in [0.15, 0.2) is 29.4 Å². The summed E-state index contributed by atoms with van der Waals surface area (Å²) in [6.07, 6.45) is 1.35. The Labute approximate surface area is 119 Å². The van der Waals surface area contributed by atoms with Crippen LogP contribution in [0.1, 0.15) is 38.3 Å². The molecule has 0 bridgehead atoms. The maximum Gasteiger partial charge on any atom is 0.221 e. The van der Waals surface area contributed by atoms with Gasteiger partial charge < -0.3 is 21.6 Å². The van der Waals surface area contributed by atoms with Crippen LogP contribution in [0.25, 0.3) is 0 Å². The van der Waals surface area contributed by atoms with E-state index in [9.17, 15) is 4.79 Å². The van der Waals surface area contributed by atoms with Crippen molar-refractivity contribution in [2.24, 2.45) is 10.9 Å². The second kappa shape index (κ2) is 8.16. The molecule has 0 aliphatic heterocycles. The molecule has 0 spiro atoms. The number of hydrogen-bond acceptors (Lipinski definition) is 4. The van der Waals surface area contributed by atoms with Gasteiger partial charge in [0.15, 0.2) is 0 Å². The third kappa shape index (κ3) is 5.71. The second-order valence-electron chi connectivity index (χ2n) is 4.68. The number of oxime groups is 1. The minimum absolute atomic E-state index is 0.0819. The van der Waals surface area contributed by atoms with E-state index in [0.717, 1.165) is 24.2 Å². The van der Waals surface area contributed by atoms with E-state index < -0.39 is 0 Å². The van der Waals surface area contributed by atoms with Gasteiger partial charge in [-0.25, -0.2) is 0 Å². The Hall–Kier alpha value is -2.08. The molecule has 0 fully saturated rings. The summed E-state index contributed by atoms with van der Waals surface area (Å²) in [5, 5.41) is 17.5. The molecule has 1 amide bonds. The van der Waals surface area contributed by atoms with Crippen LogP contribution < -0.4 is 16.4 Å². The van der Waals surface area contributed by atoms with Crippen molar-refractivity contribution in [1.82, 2.24) is 5.32 Å². The number of nitrogens with two attached hydrogens (primary N) is 1. The Balaban J connectivity index is 2.46. The highest BCUT2D eigenvalue weighted by Crippen LogP contribution is 2.17. The first kappa shape index (κ1) is 16.0. The monoisotopic (exact) mass is 278 g/mol. The van der Waals surface area contributed by atoms with Gasteiger partial charge in [-0.15, -0.1) is 0 Å². The maximum atomic E-state index is 11.0. The molecule has 1 rings (SSSR count). The quantitative estimate of drug-likeness (QED) is 0.201. The highest BCUT2D eigenvalue weighted by atomic mass is 16.4. The van der Waals surface area contributed by atoms with E-state index in [4.69, 9.17) is 10.9 Å². The van der Waals surface area contributed by atoms with E-state index in [2.05, 4.69) is 22.7 Å². The fourth-order valence-electron chi connectivity index (χ4n) is 1.84. The lowest BCUT2D eigenvalue weighted by molar-refractivity contribution is -0.114. The Kier molecular flexibility index (Phi) is 6.52. The topological polar surface area (TPSA) is 99.7 Å². The van der Waals surface area contributed by atoms with E-state index in [1.54, 1.807) is 0 Å². The summed E-state index contributed by atoms with van der Waals surface area (Å²) in [4.78, 5) is 11.0. The van der Waals surface area contributed by atoms with Crippen molar-refractivity contribution in [3.05, 3.63) is 29.8 Å². The lowest BCUT2D eigenvalue weighted by Gasteiger charge is -2.15. The molecule has 6 nitrogen and oxygen atoms in total. The molecule has 0 radical (unpaired) electrons. The SMILES string of the molecule is CC(=O)Nc1cccc(C(C)NCCCC(N)=NO)c1. The van der Waals surface area contributed by atoms with Crippen molar-refractivity contribution in [1.29, 1.82) is 0 Å². The van der Waals surface area contributed by atoms with Gasteiger partial charge >= 0.3 is 0 Å². The zero-order valence-corrected chi connectivity index (χ0v) is 11.9. The molecule has 0 saturated carbocycles. The Morgan fingerprint density at radius 2 is 2.25 bits per heavy atom. The van der Waals surface area contributed by atoms with Gasteiger partial charge in [-0.1, -0.05) is 17.3 Å². The minimum Gasteiger partial charge on any atom is -0.409 e. The number of carbonyl (C=O) groups excluding carboxylic acids is 1. The number of amidine groups is 1. The van der Waals surface area contributed by atoms with Crippen molar-refractivity contribution in [2.45, 2.75) is 32.7 Å². The first-order chi connectivity index (χ1) is 9.52. The van der Waals surface area contributed by atoms with Crippen molar-refractivity contribution in [3.8, 4) is 0 Å². The number of nitrogens with one attached hydrogen (secondary N) is 2. The zero-order valence-electron chi connectivity index (χ0n) is 11.9. The average molecular weight is 278 g/mol. The maximum absolute atomic E-state index is 11.0. The largest absolute Gasteiger partial charge is 0.409 e. The van der Waals surface area contributed by atoms with Crippen molar-refractivity contribution < 1.29 is 10.0 Å². The van der Waals surface area contributed by atoms with Gasteiger partial charge in [0.25, 0.3) is 0 Å². The molecule has 0 aromatic heterocycles. The molecule has 0 aliphatic carbocycles. The minimum atomic E-state index is -0.0819. The highest BCUT2D eigenvalue weighted by molar-refractivity contribution is 5.88. The number of nitrogens with zero attached hydrogens (tertiary/aromatic N) is 1. The van der Waals surface area contributed by atoms with Gasteiger partial charge in [0.2, 0.25) is 5.91 Å². The van der Waals surface area contributed by atoms with Gasteiger partial charge in [0.1, 0.15) is 5.84 Å². The van der Waals surface area contributed by atoms with Crippen molar-refractivity contribution >= 4 is 17.4 Å². The van der Waals surface area contributed by atoms with Gasteiger partial charge in [-0.3, -0.25) is 4.79 Å². The summed E-state index contributed by atoms with van der Waals surface area (Å²) in [5.74, 6) is 0.161. The Morgan fingerprint density at radius 1 is 1.50 bits per heavy atom. The number of benzene rings is 1. The average Bonchev–Trinajstić information content (AvgIpc) is 2.42. The summed E-state index contributed by atoms with van der Waals surface area (Å²) in [6, 6.07) is 7.89. The van der Waals surface area contributed by atoms with Crippen LogP contribution in [-0.4, -0.2) is 23.5 Å². The number of rotatable bonds is 7. The lowest BCUT2D eigenvalue weighted by Crippen LogP contribution is -2.22. The molecular weight excluding hydrogens is 256 g/mol. The third-order valence-electron chi connectivity index (χ3n) is 2.90. The molecule has 1 unspecified atom stereocenters. The third-order valence-corrected chi connectivity index (χ3v) is 2.90. The molecule has 0 aliphatic rings. The van der Waals surface area contributed by atoms with E-state index in [1.807, 2.05) is 24.3 Å². The normalized spacial score (nSPS) is 13.0. The predicted molar refractivity (Wildman–Crippen MR) is 79.8 cm³/mol. The predicted octanol–water partition coefficient (Wildman–Crippen LogP) is 1.82. The fourth-order valence-corrected chi connectivity index (χ4v) is 1.84. The van der Waals surface area contributed by atoms with Crippen LogP contribution in [0.3, 0.4) is 0 Å². The van der Waals surface area contributed by atoms with Crippen LogP contribution in [0.2, 0.25) is 0 Å². The van der Waals surface area contributed by atoms with Crippen LogP contribution in [-0.2, 0) is 4.79 Å². The molecule has 0 saturated heterocycles. The molecule has 1 aromatic rings. The van der Waals surface area contributed by atoms with E-state index in [-0.39, 0.29) is 17.8 Å². The summed E-state index contributed by atoms with van der Waals surface area (Å²) in [7, 11) is 0. The summed E-state index contributed by atoms with van der Waals surface area (Å²) in [6.45, 7) is 4.31. The van der Waals surface area contributed by atoms with Crippen molar-refractivity contribution in [2.75, 3.05) is 11.9 Å². The molecule has 6 heteroatoms. The second-order valence-corrected chi connectivity index (χ2v) is 4.68. The van der Waals surface area contributed by atoms with Crippen molar-refractivity contribution in [3.63, 3.8) is 0 Å². The molecule has 110 valence electrons. The van der Waals surface area contributed by atoms with Gasteiger partial charge in [0, 0.05) is 25.1 Å². The summed E-state index contributed by atoms with van der Waals surface area (Å²) in [5.41, 5.74) is 7.29. The van der Waals surface area contributed by atoms with E-state index >= 15 is 0 Å². The lowest BCUT2D eigenvalue weighted by atomic mass is 10.1. The van der Waals surface area contributed by atoms with Gasteiger partial charge in [-0.2, -0.15) is 0 Å². The van der Waals surface area contributed by atoms with Gasteiger partial charge in [0.05, 0.1) is 0 Å². The first-order valence-corrected chi connectivity index (χ1v) is 6.60. The number of hydrogen-bond donors (Lipinski definition) is 4. The Bertz CT molecular complexity index is 474. The van der Waals surface area contributed by atoms with Crippen LogP contribution in [0.4, 0.5) is 5.69 Å². The highest BCUT2D eigenvalue weighted by Gasteiger charge is 2.06. The summed E-state index contributed by atoms with van der Waals surface area (Å²) >= 11 is 0. The molecule has 20 heavy (non-hydrogen) atoms. The van der Waals surface area contributed by atoms with Crippen LogP contribution >= 0.6 is 0 Å². The molecule has 5 N–H and O–H groups in total. The summed E-state index contributed by atoms with van der Waals surface area (Å²) < 4.78 is 0. The number of anilines is 1.